The van der Waals surface area contributed by atoms with E-state index in [0.29, 0.717) is 6.61 Å². The van der Waals surface area contributed by atoms with Gasteiger partial charge in [0, 0.05) is 19.4 Å². The number of rotatable bonds is 9. The lowest BCUT2D eigenvalue weighted by Crippen LogP contribution is -2.41. The summed E-state index contributed by atoms with van der Waals surface area (Å²) in [6.07, 6.45) is 0.0391. The molecular weight excluding hydrogens is 242 g/mol. The molecule has 1 atom stereocenters. The standard InChI is InChI=1S/C11H19NO6/c1-3-18-7-6-9(13)12-8(11(15)16)4-5-10(14)17-2/h8H,3-7H2,1-2H3,(H,12,13)(H,15,16). The first-order chi connectivity index (χ1) is 8.51. The van der Waals surface area contributed by atoms with Crippen LogP contribution in [0.3, 0.4) is 0 Å². The summed E-state index contributed by atoms with van der Waals surface area (Å²) in [5, 5.41) is 11.2. The Kier molecular flexibility index (Phi) is 8.55. The fourth-order valence-corrected chi connectivity index (χ4v) is 1.20. The largest absolute Gasteiger partial charge is 0.480 e. The maximum absolute atomic E-state index is 11.4. The third kappa shape index (κ3) is 7.61. The molecule has 0 aliphatic carbocycles. The van der Waals surface area contributed by atoms with E-state index in [1.54, 1.807) is 6.92 Å². The van der Waals surface area contributed by atoms with E-state index in [9.17, 15) is 14.4 Å². The van der Waals surface area contributed by atoms with Crippen LogP contribution in [0, 0.1) is 0 Å². The van der Waals surface area contributed by atoms with Crippen molar-refractivity contribution < 1.29 is 29.0 Å². The summed E-state index contributed by atoms with van der Waals surface area (Å²) >= 11 is 0. The molecule has 0 saturated heterocycles. The molecule has 7 nitrogen and oxygen atoms in total. The molecule has 0 aliphatic heterocycles. The molecule has 0 fully saturated rings. The Bertz CT molecular complexity index is 291. The highest BCUT2D eigenvalue weighted by Crippen LogP contribution is 2.00. The van der Waals surface area contributed by atoms with Gasteiger partial charge in [0.15, 0.2) is 0 Å². The lowest BCUT2D eigenvalue weighted by molar-refractivity contribution is -0.144. The first kappa shape index (κ1) is 16.4. The minimum atomic E-state index is -1.18. The summed E-state index contributed by atoms with van der Waals surface area (Å²) in [4.78, 5) is 33.1. The highest BCUT2D eigenvalue weighted by atomic mass is 16.5. The number of amides is 1. The van der Waals surface area contributed by atoms with Crippen molar-refractivity contribution in [3.05, 3.63) is 0 Å². The molecule has 7 heteroatoms. The van der Waals surface area contributed by atoms with Crippen molar-refractivity contribution in [3.8, 4) is 0 Å². The average Bonchev–Trinajstić information content (AvgIpc) is 2.33. The van der Waals surface area contributed by atoms with Gasteiger partial charge in [0.05, 0.1) is 13.7 Å². The Balaban J connectivity index is 4.06. The fourth-order valence-electron chi connectivity index (χ4n) is 1.20. The van der Waals surface area contributed by atoms with Crippen LogP contribution in [0.2, 0.25) is 0 Å². The Morgan fingerprint density at radius 2 is 1.94 bits per heavy atom. The van der Waals surface area contributed by atoms with Gasteiger partial charge in [-0.2, -0.15) is 0 Å². The Morgan fingerprint density at radius 1 is 1.28 bits per heavy atom. The van der Waals surface area contributed by atoms with Crippen LogP contribution in [0.1, 0.15) is 26.2 Å². The van der Waals surface area contributed by atoms with E-state index >= 15 is 0 Å². The van der Waals surface area contributed by atoms with Gasteiger partial charge in [-0.1, -0.05) is 0 Å². The quantitative estimate of drug-likeness (QED) is 0.445. The van der Waals surface area contributed by atoms with Crippen molar-refractivity contribution in [2.45, 2.75) is 32.2 Å². The van der Waals surface area contributed by atoms with Crippen LogP contribution < -0.4 is 5.32 Å². The van der Waals surface area contributed by atoms with E-state index in [1.807, 2.05) is 0 Å². The molecule has 0 aromatic rings. The van der Waals surface area contributed by atoms with Crippen molar-refractivity contribution in [1.29, 1.82) is 0 Å². The van der Waals surface area contributed by atoms with Crippen molar-refractivity contribution in [1.82, 2.24) is 5.32 Å². The monoisotopic (exact) mass is 261 g/mol. The minimum Gasteiger partial charge on any atom is -0.480 e. The van der Waals surface area contributed by atoms with E-state index in [2.05, 4.69) is 10.1 Å². The molecule has 1 amide bonds. The van der Waals surface area contributed by atoms with E-state index in [-0.39, 0.29) is 25.9 Å². The average molecular weight is 261 g/mol. The predicted molar refractivity (Wildman–Crippen MR) is 61.9 cm³/mol. The third-order valence-corrected chi connectivity index (χ3v) is 2.18. The van der Waals surface area contributed by atoms with Gasteiger partial charge >= 0.3 is 11.9 Å². The topological polar surface area (TPSA) is 102 Å². The van der Waals surface area contributed by atoms with Gasteiger partial charge in [-0.15, -0.1) is 0 Å². The number of carboxylic acids is 1. The van der Waals surface area contributed by atoms with Crippen LogP contribution in [-0.2, 0) is 23.9 Å². The number of carbonyl (C=O) groups is 3. The smallest absolute Gasteiger partial charge is 0.326 e. The van der Waals surface area contributed by atoms with Gasteiger partial charge < -0.3 is 19.9 Å². The van der Waals surface area contributed by atoms with Crippen molar-refractivity contribution >= 4 is 17.8 Å². The fraction of sp³-hybridized carbons (Fsp3) is 0.727. The zero-order chi connectivity index (χ0) is 14.0. The number of aliphatic carboxylic acids is 1. The number of methoxy groups -OCH3 is 1. The number of carbonyl (C=O) groups excluding carboxylic acids is 2. The number of nitrogens with one attached hydrogen (secondary N) is 1. The van der Waals surface area contributed by atoms with Crippen molar-refractivity contribution in [2.24, 2.45) is 0 Å². The highest BCUT2D eigenvalue weighted by molar-refractivity contribution is 5.84. The number of carboxylic acid groups (broad SMARTS) is 1. The van der Waals surface area contributed by atoms with E-state index in [4.69, 9.17) is 9.84 Å². The van der Waals surface area contributed by atoms with Gasteiger partial charge in [-0.3, -0.25) is 9.59 Å². The second kappa shape index (κ2) is 9.41. The summed E-state index contributed by atoms with van der Waals surface area (Å²) < 4.78 is 9.38. The molecule has 0 bridgehead atoms. The first-order valence-electron chi connectivity index (χ1n) is 5.68. The molecule has 0 aliphatic rings. The van der Waals surface area contributed by atoms with Gasteiger partial charge in [-0.05, 0) is 13.3 Å². The Hall–Kier alpha value is -1.63. The summed E-state index contributed by atoms with van der Waals surface area (Å²) in [6, 6.07) is -1.08. The number of hydrogen-bond acceptors (Lipinski definition) is 5. The van der Waals surface area contributed by atoms with Crippen LogP contribution in [0.25, 0.3) is 0 Å². The number of hydrogen-bond donors (Lipinski definition) is 2. The molecule has 0 rings (SSSR count). The molecule has 1 unspecified atom stereocenters. The van der Waals surface area contributed by atoms with Gasteiger partial charge in [-0.25, -0.2) is 4.79 Å². The Labute approximate surface area is 105 Å². The molecule has 0 saturated carbocycles. The van der Waals surface area contributed by atoms with Crippen molar-refractivity contribution in [3.63, 3.8) is 0 Å². The number of ether oxygens (including phenoxy) is 2. The second-order valence-corrected chi connectivity index (χ2v) is 3.52. The third-order valence-electron chi connectivity index (χ3n) is 2.18. The van der Waals surface area contributed by atoms with Gasteiger partial charge in [0.1, 0.15) is 6.04 Å². The minimum absolute atomic E-state index is 0.00236. The summed E-state index contributed by atoms with van der Waals surface area (Å²) in [5.41, 5.74) is 0. The molecule has 2 N–H and O–H groups in total. The molecule has 104 valence electrons. The van der Waals surface area contributed by atoms with E-state index in [1.165, 1.54) is 7.11 Å². The maximum atomic E-state index is 11.4. The molecule has 0 aromatic heterocycles. The highest BCUT2D eigenvalue weighted by Gasteiger charge is 2.20. The molecule has 0 aromatic carbocycles. The molecule has 0 heterocycles. The normalized spacial score (nSPS) is 11.7. The maximum Gasteiger partial charge on any atom is 0.326 e. The van der Waals surface area contributed by atoms with Crippen molar-refractivity contribution in [2.75, 3.05) is 20.3 Å². The summed E-state index contributed by atoms with van der Waals surface area (Å²) in [6.45, 7) is 2.54. The molecular formula is C11H19NO6. The number of esters is 1. The van der Waals surface area contributed by atoms with Gasteiger partial charge in [0.2, 0.25) is 5.91 Å². The zero-order valence-electron chi connectivity index (χ0n) is 10.6. The van der Waals surface area contributed by atoms with E-state index in [0.717, 1.165) is 0 Å². The molecule has 0 spiro atoms. The molecule has 18 heavy (non-hydrogen) atoms. The summed E-state index contributed by atoms with van der Waals surface area (Å²) in [5.74, 6) is -2.10. The van der Waals surface area contributed by atoms with Crippen LogP contribution in [-0.4, -0.2) is 49.3 Å². The molecule has 0 radical (unpaired) electrons. The lowest BCUT2D eigenvalue weighted by Gasteiger charge is -2.13. The zero-order valence-corrected chi connectivity index (χ0v) is 10.6. The summed E-state index contributed by atoms with van der Waals surface area (Å²) in [7, 11) is 1.22. The first-order valence-corrected chi connectivity index (χ1v) is 5.68. The van der Waals surface area contributed by atoms with Crippen LogP contribution in [0.15, 0.2) is 0 Å². The lowest BCUT2D eigenvalue weighted by atomic mass is 10.1. The van der Waals surface area contributed by atoms with Crippen LogP contribution in [0.4, 0.5) is 0 Å². The van der Waals surface area contributed by atoms with Crippen LogP contribution in [0.5, 0.6) is 0 Å². The SMILES string of the molecule is CCOCCC(=O)NC(CCC(=O)OC)C(=O)O. The predicted octanol–water partition coefficient (Wildman–Crippen LogP) is -0.0644. The van der Waals surface area contributed by atoms with Crippen LogP contribution >= 0.6 is 0 Å². The van der Waals surface area contributed by atoms with E-state index < -0.39 is 23.9 Å². The van der Waals surface area contributed by atoms with Gasteiger partial charge in [0.25, 0.3) is 0 Å². The Morgan fingerprint density at radius 3 is 2.44 bits per heavy atom. The second-order valence-electron chi connectivity index (χ2n) is 3.52.